The highest BCUT2D eigenvalue weighted by Gasteiger charge is 2.22. The number of benzene rings is 2. The molecule has 0 bridgehead atoms. The minimum absolute atomic E-state index is 0.00500. The van der Waals surface area contributed by atoms with Crippen LogP contribution < -0.4 is 0 Å². The van der Waals surface area contributed by atoms with Crippen LogP contribution in [0.3, 0.4) is 0 Å². The number of thioether (sulfide) groups is 1. The molecule has 7 heteroatoms. The zero-order valence-corrected chi connectivity index (χ0v) is 19.0. The zero-order valence-electron chi connectivity index (χ0n) is 18.2. The fourth-order valence-electron chi connectivity index (χ4n) is 3.18. The van der Waals surface area contributed by atoms with E-state index in [1.54, 1.807) is 12.1 Å². The van der Waals surface area contributed by atoms with Crippen molar-refractivity contribution in [1.82, 2.24) is 19.7 Å². The Morgan fingerprint density at radius 2 is 1.70 bits per heavy atom. The second kappa shape index (κ2) is 9.10. The number of rotatable bonds is 7. The maximum absolute atomic E-state index is 13.5. The van der Waals surface area contributed by atoms with Crippen molar-refractivity contribution in [2.24, 2.45) is 0 Å². The van der Waals surface area contributed by atoms with Crippen LogP contribution in [0.25, 0.3) is 5.69 Å². The molecule has 1 aromatic heterocycles. The van der Waals surface area contributed by atoms with Gasteiger partial charge in [0.15, 0.2) is 16.8 Å². The van der Waals surface area contributed by atoms with Crippen molar-refractivity contribution in [3.63, 3.8) is 0 Å². The molecule has 3 rings (SSSR count). The number of aryl methyl sites for hydroxylation is 3. The standard InChI is InChI=1S/C23H27FN4OS/c1-14-11-16(3)20(12-15(14)2)21(29)13-30-23-26-25-22(17(4)27(5)6)28(23)19-9-7-18(24)8-10-19/h7-12,17H,13H2,1-6H3/t17-/m1/s1. The number of nitrogens with zero attached hydrogens (tertiary/aromatic N) is 4. The number of carbonyl (C=O) groups excluding carboxylic acids is 1. The first kappa shape index (κ1) is 22.2. The molecule has 0 radical (unpaired) electrons. The Hall–Kier alpha value is -2.51. The fraction of sp³-hybridized carbons (Fsp3) is 0.348. The number of hydrogen-bond acceptors (Lipinski definition) is 5. The highest BCUT2D eigenvalue weighted by atomic mass is 32.2. The van der Waals surface area contributed by atoms with Crippen LogP contribution in [-0.4, -0.2) is 45.3 Å². The third-order valence-electron chi connectivity index (χ3n) is 5.36. The van der Waals surface area contributed by atoms with E-state index in [9.17, 15) is 9.18 Å². The van der Waals surface area contributed by atoms with E-state index in [0.717, 1.165) is 28.2 Å². The van der Waals surface area contributed by atoms with Crippen LogP contribution in [0.1, 0.15) is 45.8 Å². The molecule has 0 saturated heterocycles. The quantitative estimate of drug-likeness (QED) is 0.396. The third kappa shape index (κ3) is 4.63. The summed E-state index contributed by atoms with van der Waals surface area (Å²) in [4.78, 5) is 14.9. The number of halogens is 1. The summed E-state index contributed by atoms with van der Waals surface area (Å²) >= 11 is 1.35. The first-order valence-electron chi connectivity index (χ1n) is 9.80. The molecule has 0 fully saturated rings. The summed E-state index contributed by atoms with van der Waals surface area (Å²) in [6, 6.07) is 10.2. The van der Waals surface area contributed by atoms with Gasteiger partial charge in [0.05, 0.1) is 11.8 Å². The lowest BCUT2D eigenvalue weighted by atomic mass is 9.99. The summed E-state index contributed by atoms with van der Waals surface area (Å²) in [7, 11) is 3.93. The van der Waals surface area contributed by atoms with E-state index in [4.69, 9.17) is 0 Å². The van der Waals surface area contributed by atoms with Crippen LogP contribution in [0.15, 0.2) is 41.6 Å². The molecule has 0 amide bonds. The molecule has 1 heterocycles. The number of Topliss-reactive ketones (excluding diaryl/α,β-unsaturated/α-hetero) is 1. The SMILES string of the molecule is Cc1cc(C)c(C(=O)CSc2nnc([C@@H](C)N(C)C)n2-c2ccc(F)cc2)cc1C. The van der Waals surface area contributed by atoms with Crippen molar-refractivity contribution in [2.75, 3.05) is 19.8 Å². The summed E-state index contributed by atoms with van der Waals surface area (Å²) in [5, 5.41) is 9.33. The molecular formula is C23H27FN4OS. The molecule has 0 N–H and O–H groups in total. The highest BCUT2D eigenvalue weighted by Crippen LogP contribution is 2.28. The molecule has 0 saturated carbocycles. The zero-order chi connectivity index (χ0) is 22.0. The van der Waals surface area contributed by atoms with Gasteiger partial charge in [-0.05, 0) is 88.8 Å². The summed E-state index contributed by atoms with van der Waals surface area (Å²) in [6.07, 6.45) is 0. The van der Waals surface area contributed by atoms with Gasteiger partial charge in [-0.1, -0.05) is 17.8 Å². The van der Waals surface area contributed by atoms with Gasteiger partial charge in [-0.25, -0.2) is 4.39 Å². The van der Waals surface area contributed by atoms with Crippen LogP contribution in [0.2, 0.25) is 0 Å². The Labute approximate surface area is 181 Å². The minimum Gasteiger partial charge on any atom is -0.300 e. The third-order valence-corrected chi connectivity index (χ3v) is 6.29. The van der Waals surface area contributed by atoms with Crippen LogP contribution in [0, 0.1) is 26.6 Å². The largest absolute Gasteiger partial charge is 0.300 e. The lowest BCUT2D eigenvalue weighted by molar-refractivity contribution is 0.102. The van der Waals surface area contributed by atoms with Crippen molar-refractivity contribution < 1.29 is 9.18 Å². The second-order valence-electron chi connectivity index (χ2n) is 7.76. The van der Waals surface area contributed by atoms with Crippen molar-refractivity contribution in [3.05, 3.63) is 70.3 Å². The first-order valence-corrected chi connectivity index (χ1v) is 10.8. The Morgan fingerprint density at radius 3 is 2.33 bits per heavy atom. The average molecular weight is 427 g/mol. The van der Waals surface area contributed by atoms with Crippen LogP contribution in [-0.2, 0) is 0 Å². The van der Waals surface area contributed by atoms with E-state index in [2.05, 4.69) is 10.2 Å². The van der Waals surface area contributed by atoms with Gasteiger partial charge in [-0.3, -0.25) is 14.3 Å². The smallest absolute Gasteiger partial charge is 0.196 e. The maximum Gasteiger partial charge on any atom is 0.196 e. The van der Waals surface area contributed by atoms with E-state index < -0.39 is 0 Å². The molecule has 0 aliphatic heterocycles. The molecule has 158 valence electrons. The number of ketones is 1. The molecule has 0 aliphatic carbocycles. The maximum atomic E-state index is 13.5. The summed E-state index contributed by atoms with van der Waals surface area (Å²) in [6.45, 7) is 8.05. The first-order chi connectivity index (χ1) is 14.2. The Bertz CT molecular complexity index is 1060. The molecule has 3 aromatic rings. The predicted molar refractivity (Wildman–Crippen MR) is 119 cm³/mol. The molecule has 2 aromatic carbocycles. The van der Waals surface area contributed by atoms with E-state index >= 15 is 0 Å². The second-order valence-corrected chi connectivity index (χ2v) is 8.70. The Kier molecular flexibility index (Phi) is 6.73. The highest BCUT2D eigenvalue weighted by molar-refractivity contribution is 7.99. The fourth-order valence-corrected chi connectivity index (χ4v) is 4.02. The molecule has 5 nitrogen and oxygen atoms in total. The van der Waals surface area contributed by atoms with Gasteiger partial charge < -0.3 is 0 Å². The minimum atomic E-state index is -0.302. The van der Waals surface area contributed by atoms with Gasteiger partial charge in [0.2, 0.25) is 0 Å². The normalized spacial score (nSPS) is 12.4. The topological polar surface area (TPSA) is 51.0 Å². The Morgan fingerprint density at radius 1 is 1.07 bits per heavy atom. The van der Waals surface area contributed by atoms with E-state index in [-0.39, 0.29) is 23.4 Å². The van der Waals surface area contributed by atoms with Crippen LogP contribution in [0.5, 0.6) is 0 Å². The van der Waals surface area contributed by atoms with Gasteiger partial charge in [0.1, 0.15) is 5.82 Å². The monoisotopic (exact) mass is 426 g/mol. The van der Waals surface area contributed by atoms with Crippen LogP contribution >= 0.6 is 11.8 Å². The number of hydrogen-bond donors (Lipinski definition) is 0. The van der Waals surface area contributed by atoms with E-state index in [1.165, 1.54) is 29.5 Å². The summed E-state index contributed by atoms with van der Waals surface area (Å²) in [5.74, 6) is 0.739. The van der Waals surface area contributed by atoms with Gasteiger partial charge in [-0.2, -0.15) is 0 Å². The number of carbonyl (C=O) groups is 1. The lowest BCUT2D eigenvalue weighted by Crippen LogP contribution is -2.20. The van der Waals surface area contributed by atoms with Crippen molar-refractivity contribution >= 4 is 17.5 Å². The van der Waals surface area contributed by atoms with Gasteiger partial charge >= 0.3 is 0 Å². The number of aromatic nitrogens is 3. The van der Waals surface area contributed by atoms with Crippen LogP contribution in [0.4, 0.5) is 4.39 Å². The summed E-state index contributed by atoms with van der Waals surface area (Å²) < 4.78 is 15.4. The molecule has 0 spiro atoms. The lowest BCUT2D eigenvalue weighted by Gasteiger charge is -2.20. The molecule has 1 atom stereocenters. The van der Waals surface area contributed by atoms with Gasteiger partial charge in [-0.15, -0.1) is 10.2 Å². The molecule has 0 unspecified atom stereocenters. The van der Waals surface area contributed by atoms with Gasteiger partial charge in [0, 0.05) is 11.3 Å². The van der Waals surface area contributed by atoms with Crippen molar-refractivity contribution in [3.8, 4) is 5.69 Å². The van der Waals surface area contributed by atoms with E-state index in [0.29, 0.717) is 5.16 Å². The predicted octanol–water partition coefficient (Wildman–Crippen LogP) is 4.93. The van der Waals surface area contributed by atoms with Crippen molar-refractivity contribution in [1.29, 1.82) is 0 Å². The summed E-state index contributed by atoms with van der Waals surface area (Å²) in [5.41, 5.74) is 4.76. The average Bonchev–Trinajstić information content (AvgIpc) is 3.12. The van der Waals surface area contributed by atoms with E-state index in [1.807, 2.05) is 63.4 Å². The molecular weight excluding hydrogens is 399 g/mol. The Balaban J connectivity index is 1.92. The molecule has 30 heavy (non-hydrogen) atoms. The van der Waals surface area contributed by atoms with Crippen molar-refractivity contribution in [2.45, 2.75) is 38.9 Å². The molecule has 0 aliphatic rings. The van der Waals surface area contributed by atoms with Gasteiger partial charge in [0.25, 0.3) is 0 Å².